The third-order valence-corrected chi connectivity index (χ3v) is 1.24. The molecule has 2 nitrogen and oxygen atoms in total. The minimum absolute atomic E-state index is 0.00347. The second-order valence-electron chi connectivity index (χ2n) is 1.94. The summed E-state index contributed by atoms with van der Waals surface area (Å²) in [5.74, 6) is 0. The Morgan fingerprint density at radius 1 is 1.75 bits per heavy atom. The summed E-state index contributed by atoms with van der Waals surface area (Å²) in [5.41, 5.74) is 0. The van der Waals surface area contributed by atoms with Crippen LogP contribution in [0.5, 0.6) is 0 Å². The molecule has 3 heteroatoms. The summed E-state index contributed by atoms with van der Waals surface area (Å²) in [6.45, 7) is 2.05. The highest BCUT2D eigenvalue weighted by atomic mass is 19.1. The van der Waals surface area contributed by atoms with Crippen molar-refractivity contribution in [2.24, 2.45) is 0 Å². The van der Waals surface area contributed by atoms with Crippen LogP contribution in [-0.4, -0.2) is 32.4 Å². The summed E-state index contributed by atoms with van der Waals surface area (Å²) in [4.78, 5) is 0. The molecule has 1 fully saturated rings. The van der Waals surface area contributed by atoms with Crippen LogP contribution < -0.4 is 10.6 Å². The van der Waals surface area contributed by atoms with E-state index in [-0.39, 0.29) is 12.7 Å². The molecule has 1 saturated heterocycles. The van der Waals surface area contributed by atoms with Crippen LogP contribution in [0.2, 0.25) is 0 Å². The van der Waals surface area contributed by atoms with Gasteiger partial charge in [-0.25, -0.2) is 9.71 Å². The Labute approximate surface area is 48.5 Å². The summed E-state index contributed by atoms with van der Waals surface area (Å²) >= 11 is 0. The lowest BCUT2D eigenvalue weighted by atomic mass is 10.3. The molecular formula is C5H10FN2. The molecule has 0 bridgehead atoms. The maximum Gasteiger partial charge on any atom is 0.106 e. The number of alkyl halides is 1. The summed E-state index contributed by atoms with van der Waals surface area (Å²) in [6.07, 6.45) is 0. The highest BCUT2D eigenvalue weighted by Crippen LogP contribution is 1.87. The zero-order valence-electron chi connectivity index (χ0n) is 4.73. The molecule has 47 valence electrons. The number of nitrogens with zero attached hydrogens (tertiary/aromatic N) is 1. The summed E-state index contributed by atoms with van der Waals surface area (Å²) in [5, 5.41) is 7.03. The van der Waals surface area contributed by atoms with Crippen LogP contribution in [0.25, 0.3) is 0 Å². The Morgan fingerprint density at radius 2 is 2.62 bits per heavy atom. The van der Waals surface area contributed by atoms with Crippen LogP contribution in [0, 0.1) is 0 Å². The standard InChI is InChI=1S/C5H10FN2/c6-3-5-4-7-1-2-8-5/h5,8H,1-4H2. The summed E-state index contributed by atoms with van der Waals surface area (Å²) in [6, 6.07) is 0.00347. The van der Waals surface area contributed by atoms with E-state index >= 15 is 0 Å². The average molecular weight is 117 g/mol. The van der Waals surface area contributed by atoms with E-state index in [0.29, 0.717) is 6.54 Å². The maximum absolute atomic E-state index is 11.8. The fraction of sp³-hybridized carbons (Fsp3) is 1.00. The van der Waals surface area contributed by atoms with E-state index in [0.717, 1.165) is 13.1 Å². The van der Waals surface area contributed by atoms with E-state index < -0.39 is 0 Å². The van der Waals surface area contributed by atoms with Gasteiger partial charge < -0.3 is 5.32 Å². The van der Waals surface area contributed by atoms with Gasteiger partial charge in [0, 0.05) is 25.7 Å². The minimum atomic E-state index is -0.288. The Hall–Kier alpha value is -0.150. The second-order valence-corrected chi connectivity index (χ2v) is 1.94. The van der Waals surface area contributed by atoms with Crippen molar-refractivity contribution in [3.05, 3.63) is 0 Å². The normalized spacial score (nSPS) is 30.4. The molecule has 1 rings (SSSR count). The van der Waals surface area contributed by atoms with Crippen molar-refractivity contribution in [2.45, 2.75) is 6.04 Å². The zero-order valence-corrected chi connectivity index (χ0v) is 4.73. The van der Waals surface area contributed by atoms with E-state index in [4.69, 9.17) is 0 Å². The molecule has 1 radical (unpaired) electrons. The Morgan fingerprint density at radius 3 is 3.00 bits per heavy atom. The van der Waals surface area contributed by atoms with Crippen LogP contribution in [0.3, 0.4) is 0 Å². The van der Waals surface area contributed by atoms with Crippen molar-refractivity contribution in [2.75, 3.05) is 26.3 Å². The van der Waals surface area contributed by atoms with E-state index in [1.54, 1.807) is 0 Å². The molecule has 8 heavy (non-hydrogen) atoms. The molecular weight excluding hydrogens is 107 g/mol. The number of rotatable bonds is 1. The first-order valence-electron chi connectivity index (χ1n) is 2.86. The number of piperazine rings is 1. The largest absolute Gasteiger partial charge is 0.309 e. The third-order valence-electron chi connectivity index (χ3n) is 1.24. The molecule has 1 unspecified atom stereocenters. The highest BCUT2D eigenvalue weighted by Gasteiger charge is 2.10. The first-order chi connectivity index (χ1) is 3.93. The van der Waals surface area contributed by atoms with Gasteiger partial charge in [0.05, 0.1) is 0 Å². The molecule has 0 amide bonds. The van der Waals surface area contributed by atoms with E-state index in [9.17, 15) is 4.39 Å². The van der Waals surface area contributed by atoms with Crippen LogP contribution in [-0.2, 0) is 0 Å². The van der Waals surface area contributed by atoms with Gasteiger partial charge in [-0.15, -0.1) is 0 Å². The molecule has 0 saturated carbocycles. The Balaban J connectivity index is 2.13. The van der Waals surface area contributed by atoms with Crippen molar-refractivity contribution >= 4 is 0 Å². The highest BCUT2D eigenvalue weighted by molar-refractivity contribution is 4.73. The Kier molecular flexibility index (Phi) is 2.24. The van der Waals surface area contributed by atoms with Gasteiger partial charge in [-0.3, -0.25) is 0 Å². The van der Waals surface area contributed by atoms with Gasteiger partial charge in [-0.05, 0) is 0 Å². The van der Waals surface area contributed by atoms with Crippen molar-refractivity contribution in [1.82, 2.24) is 10.6 Å². The molecule has 1 N–H and O–H groups in total. The molecule has 0 spiro atoms. The predicted molar refractivity (Wildman–Crippen MR) is 29.6 cm³/mol. The Bertz CT molecular complexity index is 61.4. The molecule has 0 aromatic carbocycles. The molecule has 1 heterocycles. The van der Waals surface area contributed by atoms with E-state index in [1.807, 2.05) is 0 Å². The summed E-state index contributed by atoms with van der Waals surface area (Å²) < 4.78 is 11.8. The van der Waals surface area contributed by atoms with Crippen LogP contribution in [0.15, 0.2) is 0 Å². The monoisotopic (exact) mass is 117 g/mol. The zero-order chi connectivity index (χ0) is 5.82. The van der Waals surface area contributed by atoms with E-state index in [1.165, 1.54) is 0 Å². The minimum Gasteiger partial charge on any atom is -0.309 e. The molecule has 1 atom stereocenters. The van der Waals surface area contributed by atoms with E-state index in [2.05, 4.69) is 10.6 Å². The average Bonchev–Trinajstić information content (AvgIpc) is 1.90. The molecule has 0 aromatic heterocycles. The predicted octanol–water partition coefficient (Wildman–Crippen LogP) is -0.468. The van der Waals surface area contributed by atoms with Gasteiger partial charge in [0.15, 0.2) is 0 Å². The van der Waals surface area contributed by atoms with Crippen LogP contribution in [0.4, 0.5) is 4.39 Å². The van der Waals surface area contributed by atoms with Gasteiger partial charge in [0.25, 0.3) is 0 Å². The number of hydrogen-bond acceptors (Lipinski definition) is 1. The smallest absolute Gasteiger partial charge is 0.106 e. The molecule has 0 aromatic rings. The van der Waals surface area contributed by atoms with Crippen LogP contribution >= 0.6 is 0 Å². The fourth-order valence-corrected chi connectivity index (χ4v) is 0.763. The maximum atomic E-state index is 11.8. The lowest BCUT2D eigenvalue weighted by Crippen LogP contribution is -2.46. The third kappa shape index (κ3) is 1.42. The topological polar surface area (TPSA) is 26.1 Å². The molecule has 1 aliphatic heterocycles. The van der Waals surface area contributed by atoms with Gasteiger partial charge >= 0.3 is 0 Å². The number of hydrogen-bond donors (Lipinski definition) is 1. The number of halogens is 1. The van der Waals surface area contributed by atoms with Crippen molar-refractivity contribution in [3.63, 3.8) is 0 Å². The van der Waals surface area contributed by atoms with Crippen molar-refractivity contribution in [3.8, 4) is 0 Å². The lowest BCUT2D eigenvalue weighted by molar-refractivity contribution is 0.330. The van der Waals surface area contributed by atoms with Crippen molar-refractivity contribution in [1.29, 1.82) is 0 Å². The van der Waals surface area contributed by atoms with Gasteiger partial charge in [-0.1, -0.05) is 0 Å². The first-order valence-corrected chi connectivity index (χ1v) is 2.86. The molecule has 1 aliphatic rings. The van der Waals surface area contributed by atoms with Crippen molar-refractivity contribution < 1.29 is 4.39 Å². The molecule has 0 aliphatic carbocycles. The van der Waals surface area contributed by atoms with Crippen LogP contribution in [0.1, 0.15) is 0 Å². The summed E-state index contributed by atoms with van der Waals surface area (Å²) in [7, 11) is 0. The van der Waals surface area contributed by atoms with Gasteiger partial charge in [-0.2, -0.15) is 0 Å². The van der Waals surface area contributed by atoms with Gasteiger partial charge in [0.2, 0.25) is 0 Å². The fourth-order valence-electron chi connectivity index (χ4n) is 0.763. The quantitative estimate of drug-likeness (QED) is 0.494. The lowest BCUT2D eigenvalue weighted by Gasteiger charge is -2.19. The SMILES string of the molecule is FCC1C[N]CCN1. The second kappa shape index (κ2) is 2.99. The van der Waals surface area contributed by atoms with Gasteiger partial charge in [0.1, 0.15) is 6.67 Å². The first kappa shape index (κ1) is 5.98. The number of nitrogens with one attached hydrogen (secondary N) is 1.